The highest BCUT2D eigenvalue weighted by Gasteiger charge is 2.51. The molecule has 1 fully saturated rings. The van der Waals surface area contributed by atoms with E-state index in [2.05, 4.69) is 0 Å². The highest BCUT2D eigenvalue weighted by Crippen LogP contribution is 2.38. The second-order valence-corrected chi connectivity index (χ2v) is 8.79. The van der Waals surface area contributed by atoms with Crippen molar-refractivity contribution in [1.82, 2.24) is 10.0 Å². The zero-order valence-corrected chi connectivity index (χ0v) is 18.6. The number of fused-ring (bicyclic) bond motifs is 1. The lowest BCUT2D eigenvalue weighted by Gasteiger charge is -2.30. The Morgan fingerprint density at radius 1 is 0.938 bits per heavy atom. The van der Waals surface area contributed by atoms with Gasteiger partial charge in [0.1, 0.15) is 6.54 Å². The van der Waals surface area contributed by atoms with Gasteiger partial charge in [0.05, 0.1) is 11.8 Å². The molecule has 0 aromatic heterocycles. The van der Waals surface area contributed by atoms with Crippen LogP contribution in [0.3, 0.4) is 0 Å². The summed E-state index contributed by atoms with van der Waals surface area (Å²) in [6.07, 6.45) is 2.88. The molecule has 1 saturated heterocycles. The Morgan fingerprint density at radius 2 is 1.53 bits per heavy atom. The number of benzene rings is 2. The molecule has 2 aromatic carbocycles. The van der Waals surface area contributed by atoms with E-state index in [-0.39, 0.29) is 11.3 Å². The fourth-order valence-electron chi connectivity index (χ4n) is 4.20. The van der Waals surface area contributed by atoms with Gasteiger partial charge in [-0.1, -0.05) is 53.1 Å². The van der Waals surface area contributed by atoms with Gasteiger partial charge in [-0.2, -0.15) is 5.01 Å². The van der Waals surface area contributed by atoms with E-state index in [1.165, 1.54) is 12.1 Å². The van der Waals surface area contributed by atoms with Crippen LogP contribution in [0.2, 0.25) is 5.02 Å². The lowest BCUT2D eigenvalue weighted by Crippen LogP contribution is -2.52. The van der Waals surface area contributed by atoms with Crippen LogP contribution in [0.1, 0.15) is 46.0 Å². The van der Waals surface area contributed by atoms with Gasteiger partial charge in [0.25, 0.3) is 17.7 Å². The first-order chi connectivity index (χ1) is 15.3. The van der Waals surface area contributed by atoms with Gasteiger partial charge in [-0.05, 0) is 51.0 Å². The Kier molecular flexibility index (Phi) is 5.98. The number of hydrazine groups is 1. The van der Waals surface area contributed by atoms with E-state index in [1.807, 2.05) is 19.9 Å². The van der Waals surface area contributed by atoms with Crippen LogP contribution in [-0.2, 0) is 9.59 Å². The van der Waals surface area contributed by atoms with Gasteiger partial charge >= 0.3 is 0 Å². The highest BCUT2D eigenvalue weighted by molar-refractivity contribution is 6.30. The molecule has 0 radical (unpaired) electrons. The number of nitrogens with zero attached hydrogens (tertiary/aromatic N) is 2. The van der Waals surface area contributed by atoms with Crippen LogP contribution in [-0.4, -0.2) is 40.1 Å². The first-order valence-corrected chi connectivity index (χ1v) is 10.8. The average molecular weight is 451 g/mol. The Hall–Kier alpha value is -3.25. The van der Waals surface area contributed by atoms with Crippen molar-refractivity contribution in [1.29, 1.82) is 0 Å². The monoisotopic (exact) mass is 450 g/mol. The molecule has 2 atom stereocenters. The van der Waals surface area contributed by atoms with Crippen LogP contribution in [0.25, 0.3) is 0 Å². The van der Waals surface area contributed by atoms with E-state index in [4.69, 9.17) is 11.6 Å². The molecule has 164 valence electrons. The Morgan fingerprint density at radius 3 is 2.19 bits per heavy atom. The molecule has 7 heteroatoms. The summed E-state index contributed by atoms with van der Waals surface area (Å²) in [6, 6.07) is 13.1. The van der Waals surface area contributed by atoms with E-state index >= 15 is 0 Å². The molecule has 0 unspecified atom stereocenters. The van der Waals surface area contributed by atoms with Gasteiger partial charge in [-0.3, -0.25) is 19.2 Å². The largest absolute Gasteiger partial charge is 0.292 e. The minimum atomic E-state index is -0.604. The van der Waals surface area contributed by atoms with Gasteiger partial charge in [-0.15, -0.1) is 0 Å². The number of Topliss-reactive ketones (excluding diaryl/α,β-unsaturated/α-hetero) is 1. The molecule has 2 aliphatic rings. The number of ketones is 1. The van der Waals surface area contributed by atoms with Crippen molar-refractivity contribution in [3.63, 3.8) is 0 Å². The minimum absolute atomic E-state index is 0.232. The van der Waals surface area contributed by atoms with Crippen molar-refractivity contribution < 1.29 is 19.2 Å². The predicted molar refractivity (Wildman–Crippen MR) is 120 cm³/mol. The van der Waals surface area contributed by atoms with Gasteiger partial charge in [0, 0.05) is 16.1 Å². The smallest absolute Gasteiger partial charge is 0.273 e. The van der Waals surface area contributed by atoms with E-state index < -0.39 is 36.1 Å². The van der Waals surface area contributed by atoms with Gasteiger partial charge in [0.15, 0.2) is 5.78 Å². The van der Waals surface area contributed by atoms with Crippen LogP contribution in [0.4, 0.5) is 0 Å². The maximum atomic E-state index is 13.4. The van der Waals surface area contributed by atoms with E-state index in [9.17, 15) is 19.2 Å². The van der Waals surface area contributed by atoms with Gasteiger partial charge in [0.2, 0.25) is 0 Å². The third-order valence-electron chi connectivity index (χ3n) is 6.03. The summed E-state index contributed by atoms with van der Waals surface area (Å²) in [4.78, 5) is 52.9. The van der Waals surface area contributed by atoms with Crippen molar-refractivity contribution in [2.75, 3.05) is 6.54 Å². The quantitative estimate of drug-likeness (QED) is 0.388. The van der Waals surface area contributed by atoms with Crippen LogP contribution in [0.5, 0.6) is 0 Å². The summed E-state index contributed by atoms with van der Waals surface area (Å²) in [5.41, 5.74) is 2.67. The average Bonchev–Trinajstić information content (AvgIpc) is 3.02. The SMILES string of the molecule is CC1=CC[C@H]2C(=O)N(N(CC(=O)c3ccc(C)cc3)C(=O)c3ccc(Cl)cc3)C(=O)[C@H]2C1. The molecule has 32 heavy (non-hydrogen) atoms. The number of hydrogen-bond acceptors (Lipinski definition) is 4. The molecule has 0 saturated carbocycles. The van der Waals surface area contributed by atoms with Crippen molar-refractivity contribution in [3.8, 4) is 0 Å². The standard InChI is InChI=1S/C25H23ClN2O4/c1-15-3-6-17(7-4-15)22(29)14-27(23(30)18-8-10-19(26)11-9-18)28-24(31)20-12-5-16(2)13-21(20)25(28)32/h3-11,20-21H,12-14H2,1-2H3/t20-,21+/m1/s1. The first-order valence-electron chi connectivity index (χ1n) is 10.5. The summed E-state index contributed by atoms with van der Waals surface area (Å²) in [5.74, 6) is -2.87. The Labute approximate surface area is 191 Å². The molecule has 0 bridgehead atoms. The van der Waals surface area contributed by atoms with Crippen LogP contribution in [0.15, 0.2) is 60.2 Å². The van der Waals surface area contributed by atoms with E-state index in [1.54, 1.807) is 36.4 Å². The number of aryl methyl sites for hydroxylation is 1. The fraction of sp³-hybridized carbons (Fsp3) is 0.280. The van der Waals surface area contributed by atoms with Crippen LogP contribution in [0, 0.1) is 18.8 Å². The number of allylic oxidation sites excluding steroid dienone is 2. The molecule has 4 rings (SSSR count). The molecule has 3 amide bonds. The topological polar surface area (TPSA) is 74.8 Å². The highest BCUT2D eigenvalue weighted by atomic mass is 35.5. The summed E-state index contributed by atoms with van der Waals surface area (Å²) >= 11 is 5.94. The number of rotatable bonds is 5. The van der Waals surface area contributed by atoms with Crippen molar-refractivity contribution in [3.05, 3.63) is 81.9 Å². The fourth-order valence-corrected chi connectivity index (χ4v) is 4.33. The lowest BCUT2D eigenvalue weighted by atomic mass is 9.82. The summed E-state index contributed by atoms with van der Waals surface area (Å²) in [5, 5.41) is 2.33. The zero-order chi connectivity index (χ0) is 23.0. The molecule has 2 aromatic rings. The molecule has 0 N–H and O–H groups in total. The van der Waals surface area contributed by atoms with Crippen molar-refractivity contribution >= 4 is 35.1 Å². The first kappa shape index (κ1) is 22.0. The van der Waals surface area contributed by atoms with Crippen LogP contribution >= 0.6 is 11.6 Å². The molecule has 1 heterocycles. The van der Waals surface area contributed by atoms with Crippen molar-refractivity contribution in [2.45, 2.75) is 26.7 Å². The summed E-state index contributed by atoms with van der Waals surface area (Å²) in [7, 11) is 0. The Bertz CT molecular complexity index is 1120. The summed E-state index contributed by atoms with van der Waals surface area (Å²) < 4.78 is 0. The number of amides is 3. The predicted octanol–water partition coefficient (Wildman–Crippen LogP) is 4.23. The molecular weight excluding hydrogens is 428 g/mol. The van der Waals surface area contributed by atoms with Crippen LogP contribution < -0.4 is 0 Å². The maximum absolute atomic E-state index is 13.4. The number of halogens is 1. The molecule has 1 aliphatic heterocycles. The minimum Gasteiger partial charge on any atom is -0.292 e. The molecule has 1 aliphatic carbocycles. The van der Waals surface area contributed by atoms with Crippen molar-refractivity contribution in [2.24, 2.45) is 11.8 Å². The van der Waals surface area contributed by atoms with E-state index in [0.717, 1.165) is 21.2 Å². The number of carbonyl (C=O) groups is 4. The number of hydrogen-bond donors (Lipinski definition) is 0. The van der Waals surface area contributed by atoms with E-state index in [0.29, 0.717) is 23.4 Å². The lowest BCUT2D eigenvalue weighted by molar-refractivity contribution is -0.154. The molecule has 6 nitrogen and oxygen atoms in total. The zero-order valence-electron chi connectivity index (χ0n) is 17.9. The third kappa shape index (κ3) is 4.10. The molecular formula is C25H23ClN2O4. The summed E-state index contributed by atoms with van der Waals surface area (Å²) in [6.45, 7) is 3.41. The van der Waals surface area contributed by atoms with Gasteiger partial charge < -0.3 is 0 Å². The maximum Gasteiger partial charge on any atom is 0.273 e. The normalized spacial score (nSPS) is 20.1. The second kappa shape index (κ2) is 8.71. The van der Waals surface area contributed by atoms with Gasteiger partial charge in [-0.25, -0.2) is 5.01 Å². The Balaban J connectivity index is 1.68. The third-order valence-corrected chi connectivity index (χ3v) is 6.29. The number of carbonyl (C=O) groups excluding carboxylic acids is 4. The number of imide groups is 1. The molecule has 0 spiro atoms. The second-order valence-electron chi connectivity index (χ2n) is 8.35.